The maximum absolute atomic E-state index is 6.05. The molecule has 53 heavy (non-hydrogen) atoms. The predicted octanol–water partition coefficient (Wildman–Crippen LogP) is 12.7. The molecule has 7 aromatic carbocycles. The Bertz CT molecular complexity index is 2820. The highest BCUT2D eigenvalue weighted by Gasteiger charge is 2.19. The number of oxazole rings is 1. The van der Waals surface area contributed by atoms with Crippen LogP contribution in [0.15, 0.2) is 186 Å². The van der Waals surface area contributed by atoms with Gasteiger partial charge in [-0.2, -0.15) is 0 Å². The fraction of sp³-hybridized carbons (Fsp3) is 0.0408. The van der Waals surface area contributed by atoms with Gasteiger partial charge in [0.25, 0.3) is 0 Å². The minimum absolute atomic E-state index is 0.105. The fourth-order valence-corrected chi connectivity index (χ4v) is 7.49. The molecule has 10 rings (SSSR count). The second-order valence-electron chi connectivity index (χ2n) is 13.6. The summed E-state index contributed by atoms with van der Waals surface area (Å²) in [7, 11) is 0. The van der Waals surface area contributed by atoms with Gasteiger partial charge in [0.2, 0.25) is 5.89 Å². The van der Waals surface area contributed by atoms with Gasteiger partial charge in [-0.25, -0.2) is 15.0 Å². The number of hydrogen-bond acceptors (Lipinski definition) is 4. The molecule has 4 nitrogen and oxygen atoms in total. The summed E-state index contributed by atoms with van der Waals surface area (Å²) in [5.41, 5.74) is 11.3. The third-order valence-electron chi connectivity index (χ3n) is 10.3. The molecule has 4 heteroatoms. The summed E-state index contributed by atoms with van der Waals surface area (Å²) in [6.45, 7) is 0. The molecule has 0 saturated heterocycles. The lowest BCUT2D eigenvalue weighted by Crippen LogP contribution is -2.05. The van der Waals surface area contributed by atoms with Gasteiger partial charge in [-0.15, -0.1) is 0 Å². The van der Waals surface area contributed by atoms with Crippen LogP contribution in [0, 0.1) is 0 Å². The van der Waals surface area contributed by atoms with Gasteiger partial charge in [-0.3, -0.25) is 0 Å². The van der Waals surface area contributed by atoms with E-state index in [-0.39, 0.29) is 5.92 Å². The topological polar surface area (TPSA) is 51.8 Å². The Kier molecular flexibility index (Phi) is 7.58. The Labute approximate surface area is 307 Å². The van der Waals surface area contributed by atoms with E-state index in [2.05, 4.69) is 152 Å². The molecule has 0 bridgehead atoms. The summed E-state index contributed by atoms with van der Waals surface area (Å²) < 4.78 is 6.05. The molecule has 0 spiro atoms. The first-order valence-electron chi connectivity index (χ1n) is 18.0. The van der Waals surface area contributed by atoms with Crippen LogP contribution in [0.25, 0.3) is 83.4 Å². The Hall–Kier alpha value is -6.91. The van der Waals surface area contributed by atoms with E-state index in [9.17, 15) is 0 Å². The van der Waals surface area contributed by atoms with Gasteiger partial charge in [0.15, 0.2) is 11.4 Å². The lowest BCUT2D eigenvalue weighted by Gasteiger charge is -2.19. The number of para-hydroxylation sites is 2. The molecule has 0 fully saturated rings. The number of hydrogen-bond donors (Lipinski definition) is 0. The number of fused-ring (bicyclic) bond motifs is 4. The smallest absolute Gasteiger partial charge is 0.227 e. The van der Waals surface area contributed by atoms with Crippen LogP contribution in [0.1, 0.15) is 23.6 Å². The molecule has 1 atom stereocenters. The van der Waals surface area contributed by atoms with Crippen LogP contribution in [0.4, 0.5) is 0 Å². The number of benzene rings is 7. The van der Waals surface area contributed by atoms with E-state index >= 15 is 0 Å². The van der Waals surface area contributed by atoms with Gasteiger partial charge in [-0.1, -0.05) is 146 Å². The molecule has 0 radical (unpaired) electrons. The standard InChI is InChI=1S/C49H33N3O/c1-2-10-32(11-3-1)33-18-26-37(27-19-33)48-50-45(31-46(51-48)36-24-28-38(29-25-36)49-52-44-16-8-9-17-47(44)53-49)35-22-20-34(21-23-35)43-30-39-12-4-5-13-40(39)41-14-6-7-15-42(41)43/h1-22,24-31,35H,23H2. The molecule has 1 unspecified atom stereocenters. The van der Waals surface area contributed by atoms with E-state index in [0.717, 1.165) is 51.2 Å². The molecule has 1 aliphatic rings. The molecule has 2 heterocycles. The van der Waals surface area contributed by atoms with Crippen molar-refractivity contribution in [1.82, 2.24) is 15.0 Å². The quantitative estimate of drug-likeness (QED) is 0.164. The predicted molar refractivity (Wildman–Crippen MR) is 217 cm³/mol. The van der Waals surface area contributed by atoms with Gasteiger partial charge in [0.1, 0.15) is 5.52 Å². The Morgan fingerprint density at radius 1 is 0.509 bits per heavy atom. The van der Waals surface area contributed by atoms with Crippen molar-refractivity contribution < 1.29 is 4.42 Å². The molecule has 1 aliphatic carbocycles. The third kappa shape index (κ3) is 5.81. The van der Waals surface area contributed by atoms with Crippen LogP contribution in [-0.2, 0) is 0 Å². The molecule has 9 aromatic rings. The van der Waals surface area contributed by atoms with Gasteiger partial charge >= 0.3 is 0 Å². The summed E-state index contributed by atoms with van der Waals surface area (Å²) in [5, 5.41) is 5.09. The summed E-state index contributed by atoms with van der Waals surface area (Å²) in [6.07, 6.45) is 7.79. The van der Waals surface area contributed by atoms with Crippen LogP contribution in [-0.4, -0.2) is 15.0 Å². The first-order chi connectivity index (χ1) is 26.2. The molecule has 250 valence electrons. The van der Waals surface area contributed by atoms with Crippen molar-refractivity contribution in [1.29, 1.82) is 0 Å². The number of allylic oxidation sites excluding steroid dienone is 4. The minimum atomic E-state index is 0.105. The van der Waals surface area contributed by atoms with E-state index < -0.39 is 0 Å². The van der Waals surface area contributed by atoms with Gasteiger partial charge in [0, 0.05) is 22.6 Å². The monoisotopic (exact) mass is 679 g/mol. The van der Waals surface area contributed by atoms with Crippen molar-refractivity contribution in [3.05, 3.63) is 193 Å². The normalized spacial score (nSPS) is 14.2. The molecule has 0 amide bonds. The summed E-state index contributed by atoms with van der Waals surface area (Å²) in [4.78, 5) is 15.1. The Balaban J connectivity index is 1.02. The number of aromatic nitrogens is 3. The average molecular weight is 680 g/mol. The SMILES string of the molecule is C1=CC(c2cc(-c3ccc(-c4nc5ccccc5o4)cc3)nc(-c3ccc(-c4ccccc4)cc3)n2)CC=C1c1cc2ccccc2c2ccccc12. The zero-order valence-electron chi connectivity index (χ0n) is 28.9. The average Bonchev–Trinajstić information content (AvgIpc) is 3.68. The van der Waals surface area contributed by atoms with Crippen LogP contribution >= 0.6 is 0 Å². The highest BCUT2D eigenvalue weighted by atomic mass is 16.3. The fourth-order valence-electron chi connectivity index (χ4n) is 7.49. The zero-order valence-corrected chi connectivity index (χ0v) is 28.9. The number of nitrogens with zero attached hydrogens (tertiary/aromatic N) is 3. The number of rotatable bonds is 6. The van der Waals surface area contributed by atoms with E-state index in [1.54, 1.807) is 0 Å². The van der Waals surface area contributed by atoms with Gasteiger partial charge < -0.3 is 4.42 Å². The lowest BCUT2D eigenvalue weighted by molar-refractivity contribution is 0.620. The Morgan fingerprint density at radius 2 is 1.17 bits per heavy atom. The molecule has 0 aliphatic heterocycles. The van der Waals surface area contributed by atoms with Gasteiger partial charge in [-0.05, 0) is 86.6 Å². The summed E-state index contributed by atoms with van der Waals surface area (Å²) in [5.74, 6) is 1.42. The molecule has 2 aromatic heterocycles. The molecular weight excluding hydrogens is 647 g/mol. The molecule has 0 saturated carbocycles. The van der Waals surface area contributed by atoms with E-state index in [4.69, 9.17) is 19.4 Å². The van der Waals surface area contributed by atoms with E-state index in [1.807, 2.05) is 30.3 Å². The highest BCUT2D eigenvalue weighted by molar-refractivity contribution is 6.12. The minimum Gasteiger partial charge on any atom is -0.436 e. The van der Waals surface area contributed by atoms with Crippen LogP contribution < -0.4 is 0 Å². The van der Waals surface area contributed by atoms with Crippen molar-refractivity contribution in [3.63, 3.8) is 0 Å². The van der Waals surface area contributed by atoms with E-state index in [0.29, 0.717) is 11.7 Å². The second kappa shape index (κ2) is 13.0. The van der Waals surface area contributed by atoms with Crippen molar-refractivity contribution in [2.24, 2.45) is 0 Å². The highest BCUT2D eigenvalue weighted by Crippen LogP contribution is 2.38. The Morgan fingerprint density at radius 3 is 1.96 bits per heavy atom. The molecule has 0 N–H and O–H groups in total. The van der Waals surface area contributed by atoms with Crippen LogP contribution in [0.5, 0.6) is 0 Å². The van der Waals surface area contributed by atoms with E-state index in [1.165, 1.54) is 38.2 Å². The van der Waals surface area contributed by atoms with Crippen molar-refractivity contribution in [3.8, 4) is 45.2 Å². The molecular formula is C49H33N3O. The maximum Gasteiger partial charge on any atom is 0.227 e. The van der Waals surface area contributed by atoms with Crippen molar-refractivity contribution in [2.75, 3.05) is 0 Å². The van der Waals surface area contributed by atoms with Crippen molar-refractivity contribution >= 4 is 38.2 Å². The van der Waals surface area contributed by atoms with Gasteiger partial charge in [0.05, 0.1) is 11.4 Å². The largest absolute Gasteiger partial charge is 0.436 e. The maximum atomic E-state index is 6.05. The first-order valence-corrected chi connectivity index (χ1v) is 18.0. The zero-order chi connectivity index (χ0) is 35.1. The first kappa shape index (κ1) is 30.9. The second-order valence-corrected chi connectivity index (χ2v) is 13.6. The summed E-state index contributed by atoms with van der Waals surface area (Å²) in [6, 6.07) is 57.0. The summed E-state index contributed by atoms with van der Waals surface area (Å²) >= 11 is 0. The lowest BCUT2D eigenvalue weighted by atomic mass is 9.87. The van der Waals surface area contributed by atoms with Crippen molar-refractivity contribution in [2.45, 2.75) is 12.3 Å². The third-order valence-corrected chi connectivity index (χ3v) is 10.3. The van der Waals surface area contributed by atoms with Crippen LogP contribution in [0.3, 0.4) is 0 Å². The van der Waals surface area contributed by atoms with Crippen LogP contribution in [0.2, 0.25) is 0 Å².